The number of nitrogens with zero attached hydrogens (tertiary/aromatic N) is 8. The zero-order valence-corrected chi connectivity index (χ0v) is 46.6. The number of benzene rings is 2. The van der Waals surface area contributed by atoms with E-state index in [1.807, 2.05) is 12.7 Å². The number of hydrogen-bond acceptors (Lipinski definition) is 17. The molecule has 8 aromatic rings. The first-order valence-corrected chi connectivity index (χ1v) is 29.0. The van der Waals surface area contributed by atoms with E-state index in [4.69, 9.17) is 35.7 Å². The number of nitrogens with two attached hydrogens (primary N) is 1. The topological polar surface area (TPSA) is 231 Å². The second kappa shape index (κ2) is 27.3. The summed E-state index contributed by atoms with van der Waals surface area (Å²) >= 11 is 4.71. The van der Waals surface area contributed by atoms with Crippen molar-refractivity contribution in [3.8, 4) is 20.9 Å². The van der Waals surface area contributed by atoms with Gasteiger partial charge in [0.25, 0.3) is 0 Å². The van der Waals surface area contributed by atoms with Crippen molar-refractivity contribution in [1.29, 1.82) is 0 Å². The number of imidazole rings is 2. The lowest BCUT2D eigenvalue weighted by atomic mass is 9.91. The van der Waals surface area contributed by atoms with Gasteiger partial charge in [-0.1, -0.05) is 68.1 Å². The van der Waals surface area contributed by atoms with Crippen LogP contribution in [0, 0.1) is 5.41 Å². The number of hydrogen-bond donors (Lipinski definition) is 8. The summed E-state index contributed by atoms with van der Waals surface area (Å²) in [5.74, 6) is 2.80. The van der Waals surface area contributed by atoms with Crippen molar-refractivity contribution < 1.29 is 14.8 Å². The van der Waals surface area contributed by atoms with Gasteiger partial charge in [0.05, 0.1) is 30.5 Å². The average Bonchev–Trinajstić information content (AvgIpc) is 4.32. The maximum absolute atomic E-state index is 11.4. The first-order chi connectivity index (χ1) is 37.3. The number of rotatable bonds is 16. The lowest BCUT2D eigenvalue weighted by molar-refractivity contribution is -0.119. The van der Waals surface area contributed by atoms with Crippen LogP contribution in [-0.2, 0) is 17.9 Å². The largest absolute Gasteiger partial charge is 0.520 e. The van der Waals surface area contributed by atoms with Gasteiger partial charge in [-0.2, -0.15) is 19.9 Å². The van der Waals surface area contributed by atoms with Gasteiger partial charge < -0.3 is 51.5 Å². The van der Waals surface area contributed by atoms with Gasteiger partial charge >= 0.3 is 7.12 Å². The molecule has 3 aliphatic rings. The first-order valence-electron chi connectivity index (χ1n) is 26.4. The summed E-state index contributed by atoms with van der Waals surface area (Å²) in [4.78, 5) is 43.1. The predicted octanol–water partition coefficient (Wildman–Crippen LogP) is 11.6. The molecule has 2 aromatic carbocycles. The molecule has 21 heteroatoms. The Morgan fingerprint density at radius 3 is 1.50 bits per heavy atom. The van der Waals surface area contributed by atoms with E-state index >= 15 is 0 Å². The monoisotopic (exact) mass is 1110 g/mol. The van der Waals surface area contributed by atoms with Gasteiger partial charge in [-0.15, -0.1) is 22.7 Å². The number of thioether (sulfide) groups is 1. The third-order valence-electron chi connectivity index (χ3n) is 13.7. The Labute approximate surface area is 470 Å². The Bertz CT molecular complexity index is 3220. The molecule has 17 nitrogen and oxygen atoms in total. The molecule has 9 N–H and O–H groups in total. The highest BCUT2D eigenvalue weighted by molar-refractivity contribution is 8.06. The molecule has 0 spiro atoms. The number of nitrogens with one attached hydrogen (secondary N) is 5. The van der Waals surface area contributed by atoms with Gasteiger partial charge in [0.2, 0.25) is 17.8 Å². The number of thiophene rings is 2. The van der Waals surface area contributed by atoms with Crippen LogP contribution in [0.25, 0.3) is 43.2 Å². The fourth-order valence-corrected chi connectivity index (χ4v) is 11.5. The molecule has 7 heterocycles. The molecule has 1 amide bonds. The fourth-order valence-electron chi connectivity index (χ4n) is 9.48. The van der Waals surface area contributed by atoms with E-state index in [1.165, 1.54) is 43.8 Å². The van der Waals surface area contributed by atoms with Gasteiger partial charge in [-0.25, -0.2) is 9.97 Å². The van der Waals surface area contributed by atoms with E-state index in [1.54, 1.807) is 41.7 Å². The van der Waals surface area contributed by atoms with E-state index in [9.17, 15) is 4.79 Å². The number of anilines is 4. The summed E-state index contributed by atoms with van der Waals surface area (Å²) in [7, 11) is -1.33. The quantitative estimate of drug-likeness (QED) is 0.0332. The number of allylic oxidation sites excluding steroid dienone is 2. The van der Waals surface area contributed by atoms with Crippen LogP contribution in [0.3, 0.4) is 0 Å². The molecule has 0 bridgehead atoms. The molecular formula is C57H72BN14O3S3+. The van der Waals surface area contributed by atoms with Crippen LogP contribution < -0.4 is 32.3 Å². The Kier molecular flexibility index (Phi) is 20.1. The van der Waals surface area contributed by atoms with Gasteiger partial charge in [0, 0.05) is 66.0 Å². The van der Waals surface area contributed by atoms with Gasteiger partial charge in [-0.05, 0) is 124 Å². The molecule has 2 saturated carbocycles. The molecule has 11 rings (SSSR count). The second-order valence-electron chi connectivity index (χ2n) is 20.2. The van der Waals surface area contributed by atoms with Crippen LogP contribution in [0.5, 0.6) is 0 Å². The summed E-state index contributed by atoms with van der Waals surface area (Å²) < 4.78 is 4.18. The number of amides is 1. The van der Waals surface area contributed by atoms with Crippen molar-refractivity contribution in [2.75, 3.05) is 21.3 Å². The molecule has 78 heavy (non-hydrogen) atoms. The van der Waals surface area contributed by atoms with E-state index in [0.29, 0.717) is 41.9 Å². The lowest BCUT2D eigenvalue weighted by Crippen LogP contribution is -2.39. The first kappa shape index (κ1) is 57.5. The average molecular weight is 1110 g/mol. The maximum Gasteiger partial charge on any atom is 0.520 e. The molecule has 0 radical (unpaired) electrons. The minimum absolute atomic E-state index is 0. The van der Waals surface area contributed by atoms with Crippen molar-refractivity contribution in [2.45, 2.75) is 143 Å². The summed E-state index contributed by atoms with van der Waals surface area (Å²) in [5.41, 5.74) is 14.2. The van der Waals surface area contributed by atoms with Crippen molar-refractivity contribution in [1.82, 2.24) is 44.4 Å². The van der Waals surface area contributed by atoms with Crippen LogP contribution in [0.15, 0.2) is 113 Å². The molecule has 408 valence electrons. The number of carbonyl (C=O) groups is 1. The van der Waals surface area contributed by atoms with E-state index < -0.39 is 7.12 Å². The molecule has 0 unspecified atom stereocenters. The van der Waals surface area contributed by atoms with Gasteiger partial charge in [0.1, 0.15) is 10.2 Å². The van der Waals surface area contributed by atoms with Crippen LogP contribution in [0.1, 0.15) is 117 Å². The third kappa shape index (κ3) is 15.1. The molecule has 1 aliphatic heterocycles. The van der Waals surface area contributed by atoms with E-state index in [2.05, 4.69) is 162 Å². The molecular weight excluding hydrogens is 1040 g/mol. The SMILES string of the molecule is C.CC(=O)NC1CCC(Nc2nc(NCc3ccc(-c4cccs4)cc3)c3ncn(C(C)C)c3n2)CC1.CC(C)n1cnc2c(NCc3ccc(-c4cccs4)cc3)nc(NC3CCC(N)CC3)nc21.OB(O)C1=CC=[C+]S1. The zero-order chi connectivity index (χ0) is 53.8. The number of fused-ring (bicyclic) bond motifs is 2. The van der Waals surface area contributed by atoms with Crippen molar-refractivity contribution in [3.05, 3.63) is 130 Å². The lowest BCUT2D eigenvalue weighted by Gasteiger charge is -2.29. The smallest absolute Gasteiger partial charge is 0.422 e. The van der Waals surface area contributed by atoms with Crippen LogP contribution in [-0.4, -0.2) is 86.3 Å². The van der Waals surface area contributed by atoms with Crippen LogP contribution in [0.4, 0.5) is 23.5 Å². The van der Waals surface area contributed by atoms with Crippen LogP contribution in [0.2, 0.25) is 0 Å². The van der Waals surface area contributed by atoms with Crippen molar-refractivity contribution in [2.24, 2.45) is 5.73 Å². The Balaban J connectivity index is 0.000000178. The molecule has 2 aliphatic carbocycles. The Hall–Kier alpha value is -6.71. The maximum atomic E-state index is 11.4. The summed E-state index contributed by atoms with van der Waals surface area (Å²) in [6.07, 6.45) is 15.0. The van der Waals surface area contributed by atoms with Gasteiger partial charge in [-0.3, -0.25) is 4.79 Å². The van der Waals surface area contributed by atoms with Crippen molar-refractivity contribution >= 4 is 93.3 Å². The van der Waals surface area contributed by atoms with Gasteiger partial charge in [0.15, 0.2) is 40.0 Å². The summed E-state index contributed by atoms with van der Waals surface area (Å²) in [5, 5.41) is 41.0. The predicted molar refractivity (Wildman–Crippen MR) is 323 cm³/mol. The standard InChI is InChI=1S/C27H33N7OS.C25H31N7S.C4H4BO2S.CH4/c1-17(2)34-16-29-24-25(28-15-19-6-8-20(9-7-19)23-5-4-14-36-23)32-27(33-26(24)34)31-22-12-10-21(11-13-22)30-18(3)35;1-16(2)32-15-28-22-23(27-14-17-5-7-18(8-6-17)21-4-3-13-33-21)30-25(31-24(22)32)29-20-11-9-19(26)10-12-20;6-5(7)4-2-1-3-8-4;/h4-9,14,16-17,21-22H,10-13,15H2,1-3H3,(H,30,35)(H2,28,31,32,33);3-8,13,15-16,19-20H,9-12,14,26H2,1-2H3,(H2,27,29,30,31);1-2,6-7H;1H4/q;;+1;. The zero-order valence-electron chi connectivity index (χ0n) is 44.2. The number of carbonyl (C=O) groups excluding carboxylic acids is 1. The highest BCUT2D eigenvalue weighted by atomic mass is 32.2. The minimum Gasteiger partial charge on any atom is -0.422 e. The molecule has 6 aromatic heterocycles. The van der Waals surface area contributed by atoms with Crippen LogP contribution >= 0.6 is 34.4 Å². The second-order valence-corrected chi connectivity index (χ2v) is 23.0. The Morgan fingerprint density at radius 1 is 0.679 bits per heavy atom. The fraction of sp³-hybridized carbons (Fsp3) is 0.386. The highest BCUT2D eigenvalue weighted by Gasteiger charge is 2.26. The molecule has 0 atom stereocenters. The van der Waals surface area contributed by atoms with E-state index in [-0.39, 0.29) is 37.5 Å². The minimum atomic E-state index is -1.33. The summed E-state index contributed by atoms with van der Waals surface area (Å²) in [6.45, 7) is 11.4. The highest BCUT2D eigenvalue weighted by Crippen LogP contribution is 2.31. The van der Waals surface area contributed by atoms with E-state index in [0.717, 1.165) is 85.3 Å². The molecule has 0 saturated heterocycles. The normalized spacial score (nSPS) is 17.7. The third-order valence-corrected chi connectivity index (χ3v) is 16.4. The number of aromatic nitrogens is 8. The van der Waals surface area contributed by atoms with Crippen molar-refractivity contribution in [3.63, 3.8) is 0 Å². The summed E-state index contributed by atoms with van der Waals surface area (Å²) in [6, 6.07) is 27.5. The molecule has 2 fully saturated rings. The Morgan fingerprint density at radius 2 is 1.13 bits per heavy atom.